The van der Waals surface area contributed by atoms with Crippen molar-refractivity contribution in [1.82, 2.24) is 9.97 Å². The van der Waals surface area contributed by atoms with Crippen LogP contribution in [-0.2, 0) is 44.7 Å². The zero-order valence-electron chi connectivity index (χ0n) is 34.0. The third-order valence-electron chi connectivity index (χ3n) is 10.1. The number of pyridine rings is 2. The monoisotopic (exact) mass is 818 g/mol. The molecule has 0 amide bonds. The van der Waals surface area contributed by atoms with Crippen molar-refractivity contribution in [2.45, 2.75) is 85.0 Å². The van der Waals surface area contributed by atoms with E-state index in [2.05, 4.69) is 92.9 Å². The van der Waals surface area contributed by atoms with Crippen molar-refractivity contribution >= 4 is 23.0 Å². The van der Waals surface area contributed by atoms with Crippen molar-refractivity contribution in [3.63, 3.8) is 0 Å². The molecule has 0 unspecified atom stereocenters. The quantitative estimate of drug-likeness (QED) is 0.165. The van der Waals surface area contributed by atoms with Crippen molar-refractivity contribution in [2.24, 2.45) is 0 Å². The molecule has 0 aliphatic carbocycles. The Kier molecular flexibility index (Phi) is 7.78. The van der Waals surface area contributed by atoms with Crippen molar-refractivity contribution in [2.75, 3.05) is 22.9 Å². The predicted molar refractivity (Wildman–Crippen MR) is 195 cm³/mol. The van der Waals surface area contributed by atoms with Crippen LogP contribution < -0.4 is 9.80 Å². The second-order valence-electron chi connectivity index (χ2n) is 14.5. The van der Waals surface area contributed by atoms with Crippen LogP contribution in [0.15, 0.2) is 79.0 Å². The van der Waals surface area contributed by atoms with Crippen LogP contribution in [0.25, 0.3) is 11.1 Å². The predicted octanol–water partition coefficient (Wildman–Crippen LogP) is 10.2. The summed E-state index contributed by atoms with van der Waals surface area (Å²) in [6.07, 6.45) is 7.58. The molecule has 248 valence electrons. The molecule has 2 aliphatic rings. The molecule has 0 bridgehead atoms. The molecule has 0 N–H and O–H groups in total. The maximum Gasteiger partial charge on any atom is 2.00 e. The van der Waals surface area contributed by atoms with Crippen molar-refractivity contribution < 1.29 is 27.9 Å². The van der Waals surface area contributed by atoms with E-state index in [1.807, 2.05) is 20.0 Å². The van der Waals surface area contributed by atoms with Gasteiger partial charge in [-0.05, 0) is 71.9 Å². The van der Waals surface area contributed by atoms with Gasteiger partial charge in [-0.2, -0.15) is 47.5 Å². The molecule has 7 rings (SSSR count). The minimum absolute atomic E-state index is 0. The van der Waals surface area contributed by atoms with E-state index >= 15 is 0 Å². The van der Waals surface area contributed by atoms with E-state index in [0.717, 1.165) is 84.0 Å². The maximum absolute atomic E-state index is 8.55. The summed E-state index contributed by atoms with van der Waals surface area (Å²) in [5.74, 6) is 1.76. The summed E-state index contributed by atoms with van der Waals surface area (Å²) in [5.41, 5.74) is 10.1. The standard InChI is InChI=1S/C43H46N4.Pt/c1-29-30(2)41(45-28-37(29)31-13-9-8-10-14-31)47-24-12-16-33-18-20-36(26-39(33)47)43(6,7)35-19-17-32-15-11-23-46(38(32)25-35)40-27-34(21-22-44-40)42(3,4)5;/h8-10,13-14,17-22,27-28H,11-12,15-16,23-24H2,1-7H3;/q-2;+2/i8D,9D,10D,13D,14D;. The number of aromatic nitrogens is 2. The van der Waals surface area contributed by atoms with Crippen molar-refractivity contribution in [3.8, 4) is 11.1 Å². The molecule has 3 aromatic carbocycles. The molecule has 0 saturated carbocycles. The molecule has 5 aromatic rings. The van der Waals surface area contributed by atoms with Gasteiger partial charge in [0.25, 0.3) is 0 Å². The zero-order chi connectivity index (χ0) is 37.3. The molecule has 48 heavy (non-hydrogen) atoms. The number of rotatable bonds is 5. The average molecular weight is 819 g/mol. The van der Waals surface area contributed by atoms with Gasteiger partial charge in [0.05, 0.1) is 6.85 Å². The minimum Gasteiger partial charge on any atom is -0.350 e. The van der Waals surface area contributed by atoms with Gasteiger partial charge < -0.3 is 9.80 Å². The van der Waals surface area contributed by atoms with Crippen LogP contribution in [0.3, 0.4) is 0 Å². The normalized spacial score (nSPS) is 16.1. The minimum atomic E-state index is -0.403. The number of nitrogens with zero attached hydrogens (tertiary/aromatic N) is 4. The molecular weight excluding hydrogens is 768 g/mol. The maximum atomic E-state index is 8.55. The smallest absolute Gasteiger partial charge is 0.350 e. The first-order valence-electron chi connectivity index (χ1n) is 19.3. The fourth-order valence-corrected chi connectivity index (χ4v) is 6.93. The number of hydrogen-bond donors (Lipinski definition) is 0. The summed E-state index contributed by atoms with van der Waals surface area (Å²) in [5, 5.41) is 0. The van der Waals surface area contributed by atoms with Gasteiger partial charge in [0.1, 0.15) is 11.6 Å². The Morgan fingerprint density at radius 3 is 1.98 bits per heavy atom. The third kappa shape index (κ3) is 6.25. The number of anilines is 4. The summed E-state index contributed by atoms with van der Waals surface area (Å²) >= 11 is 0. The van der Waals surface area contributed by atoms with Gasteiger partial charge in [0.2, 0.25) is 0 Å². The van der Waals surface area contributed by atoms with Gasteiger partial charge in [0, 0.05) is 31.0 Å². The fraction of sp³-hybridized carbons (Fsp3) is 0.349. The first kappa shape index (κ1) is 28.1. The first-order valence-corrected chi connectivity index (χ1v) is 16.8. The molecule has 0 saturated heterocycles. The summed E-state index contributed by atoms with van der Waals surface area (Å²) in [6.45, 7) is 16.8. The summed E-state index contributed by atoms with van der Waals surface area (Å²) in [6, 6.07) is 19.4. The Bertz CT molecular complexity index is 2200. The molecule has 5 heteroatoms. The fourth-order valence-electron chi connectivity index (χ4n) is 6.93. The molecule has 2 aromatic heterocycles. The van der Waals surface area contributed by atoms with Crippen LogP contribution >= 0.6 is 0 Å². The second-order valence-corrected chi connectivity index (χ2v) is 14.5. The average Bonchev–Trinajstić information content (AvgIpc) is 3.13. The number of aryl methyl sites for hydroxylation is 2. The van der Waals surface area contributed by atoms with Gasteiger partial charge in [-0.1, -0.05) is 89.0 Å². The van der Waals surface area contributed by atoms with Crippen LogP contribution in [0.2, 0.25) is 0 Å². The molecule has 4 heterocycles. The Balaban J connectivity index is 0.00000481. The van der Waals surface area contributed by atoms with E-state index < -0.39 is 11.5 Å². The van der Waals surface area contributed by atoms with Crippen LogP contribution in [0, 0.1) is 26.0 Å². The van der Waals surface area contributed by atoms with E-state index in [1.54, 1.807) is 6.20 Å². The van der Waals surface area contributed by atoms with E-state index in [9.17, 15) is 0 Å². The molecule has 0 radical (unpaired) electrons. The van der Waals surface area contributed by atoms with Gasteiger partial charge in [-0.15, -0.1) is 11.1 Å². The Labute approximate surface area is 308 Å². The Morgan fingerprint density at radius 1 is 0.750 bits per heavy atom. The van der Waals surface area contributed by atoms with Crippen molar-refractivity contribution in [3.05, 3.63) is 130 Å². The first-order chi connectivity index (χ1) is 24.6. The summed E-state index contributed by atoms with van der Waals surface area (Å²) in [7, 11) is 0. The van der Waals surface area contributed by atoms with Crippen molar-refractivity contribution in [1.29, 1.82) is 0 Å². The Morgan fingerprint density at radius 2 is 1.35 bits per heavy atom. The summed E-state index contributed by atoms with van der Waals surface area (Å²) in [4.78, 5) is 14.3. The number of fused-ring (bicyclic) bond motifs is 2. The van der Waals surface area contributed by atoms with Gasteiger partial charge in [-0.3, -0.25) is 0 Å². The molecule has 2 aliphatic heterocycles. The van der Waals surface area contributed by atoms with Crippen LogP contribution in [0.4, 0.5) is 23.0 Å². The van der Waals surface area contributed by atoms with E-state index in [1.165, 1.54) is 16.7 Å². The second kappa shape index (κ2) is 13.3. The summed E-state index contributed by atoms with van der Waals surface area (Å²) < 4.78 is 41.5. The van der Waals surface area contributed by atoms with Gasteiger partial charge in [-0.25, -0.2) is 9.97 Å². The van der Waals surface area contributed by atoms with E-state index in [0.29, 0.717) is 5.56 Å². The van der Waals surface area contributed by atoms with E-state index in [4.69, 9.17) is 16.8 Å². The van der Waals surface area contributed by atoms with Crippen LogP contribution in [-0.4, -0.2) is 23.1 Å². The van der Waals surface area contributed by atoms with Crippen LogP contribution in [0.5, 0.6) is 0 Å². The Hall–Kier alpha value is -3.75. The van der Waals surface area contributed by atoms with Gasteiger partial charge >= 0.3 is 21.1 Å². The molecule has 0 atom stereocenters. The SMILES string of the molecule is [2H]c1c([2H])c([2H])c(-c2cnc(N3CCCc4ccc(C(C)(C)c5[c-]c6c(cc5)CCCN6c5cc(C(C)(C)C)ccn5)[c-]c43)c(C)c2C)c([2H])c1[2H].[Pt+2]. The molecule has 0 spiro atoms. The van der Waals surface area contributed by atoms with Gasteiger partial charge in [0.15, 0.2) is 0 Å². The third-order valence-corrected chi connectivity index (χ3v) is 10.1. The van der Waals surface area contributed by atoms with E-state index in [-0.39, 0.29) is 56.2 Å². The largest absolute Gasteiger partial charge is 2.00 e. The van der Waals surface area contributed by atoms with Crippen LogP contribution in [0.1, 0.15) is 93.3 Å². The topological polar surface area (TPSA) is 32.3 Å². The number of hydrogen-bond acceptors (Lipinski definition) is 4. The molecular formula is C43H46N4Pt. The molecule has 4 nitrogen and oxygen atoms in total. The zero-order valence-corrected chi connectivity index (χ0v) is 31.2. The molecule has 0 fully saturated rings. The number of benzene rings is 3.